The molecule has 2 aliphatic rings. The lowest BCUT2D eigenvalue weighted by atomic mass is 9.92. The summed E-state index contributed by atoms with van der Waals surface area (Å²) in [5.41, 5.74) is 7.76. The highest BCUT2D eigenvalue weighted by Gasteiger charge is 2.49. The van der Waals surface area contributed by atoms with Gasteiger partial charge in [0.2, 0.25) is 0 Å². The van der Waals surface area contributed by atoms with Gasteiger partial charge in [0.05, 0.1) is 22.4 Å². The number of hydrogen-bond donors (Lipinski definition) is 1. The summed E-state index contributed by atoms with van der Waals surface area (Å²) in [5, 5.41) is 1.08. The van der Waals surface area contributed by atoms with E-state index in [1.807, 2.05) is 0 Å². The van der Waals surface area contributed by atoms with Gasteiger partial charge in [-0.1, -0.05) is 36.3 Å². The quantitative estimate of drug-likeness (QED) is 0.919. The molecule has 0 unspecified atom stereocenters. The minimum Gasteiger partial charge on any atom is -0.351 e. The molecule has 2 aromatic rings. The van der Waals surface area contributed by atoms with Crippen molar-refractivity contribution in [3.8, 4) is 0 Å². The molecule has 0 spiro atoms. The van der Waals surface area contributed by atoms with Gasteiger partial charge in [0.1, 0.15) is 5.72 Å². The minimum atomic E-state index is -0.281. The topological polar surface area (TPSA) is 51.4 Å². The van der Waals surface area contributed by atoms with Crippen LogP contribution in [0.25, 0.3) is 10.2 Å². The Labute approximate surface area is 135 Å². The number of nitrogens with two attached hydrogens (primary N) is 1. The zero-order chi connectivity index (χ0) is 15.3. The summed E-state index contributed by atoms with van der Waals surface area (Å²) in [7, 11) is 0. The van der Waals surface area contributed by atoms with Crippen molar-refractivity contribution in [3.63, 3.8) is 0 Å². The van der Waals surface area contributed by atoms with E-state index in [0.29, 0.717) is 18.7 Å². The summed E-state index contributed by atoms with van der Waals surface area (Å²) < 4.78 is 7.56. The Morgan fingerprint density at radius 1 is 1.36 bits per heavy atom. The fourth-order valence-electron chi connectivity index (χ4n) is 3.97. The highest BCUT2D eigenvalue weighted by molar-refractivity contribution is 7.22. The molecule has 5 heteroatoms. The van der Waals surface area contributed by atoms with Crippen LogP contribution in [0.3, 0.4) is 0 Å². The molecule has 22 heavy (non-hydrogen) atoms. The van der Waals surface area contributed by atoms with Crippen LogP contribution in [-0.2, 0) is 11.3 Å². The normalized spacial score (nSPS) is 27.3. The summed E-state index contributed by atoms with van der Waals surface area (Å²) in [6.45, 7) is 4.87. The molecule has 118 valence electrons. The third-order valence-electron chi connectivity index (χ3n) is 4.94. The summed E-state index contributed by atoms with van der Waals surface area (Å²) in [6.07, 6.45) is 5.29. The monoisotopic (exact) mass is 317 g/mol. The van der Waals surface area contributed by atoms with E-state index in [4.69, 9.17) is 15.5 Å². The molecule has 0 amide bonds. The largest absolute Gasteiger partial charge is 0.351 e. The number of benzene rings is 1. The highest BCUT2D eigenvalue weighted by Crippen LogP contribution is 2.44. The van der Waals surface area contributed by atoms with Gasteiger partial charge in [0.25, 0.3) is 0 Å². The lowest BCUT2D eigenvalue weighted by molar-refractivity contribution is -0.0243. The Balaban J connectivity index is 1.79. The second kappa shape index (κ2) is 5.18. The van der Waals surface area contributed by atoms with E-state index in [9.17, 15) is 0 Å². The first-order chi connectivity index (χ1) is 10.6. The molecule has 1 aliphatic heterocycles. The molecule has 2 atom stereocenters. The predicted molar refractivity (Wildman–Crippen MR) is 91.2 cm³/mol. The fraction of sp³-hybridized carbons (Fsp3) is 0.588. The molecule has 1 aromatic heterocycles. The van der Waals surface area contributed by atoms with Crippen LogP contribution in [-0.4, -0.2) is 22.9 Å². The van der Waals surface area contributed by atoms with Gasteiger partial charge in [0, 0.05) is 6.54 Å². The molecule has 2 heterocycles. The first-order valence-corrected chi connectivity index (χ1v) is 8.97. The third kappa shape index (κ3) is 2.14. The fourth-order valence-corrected chi connectivity index (χ4v) is 5.18. The van der Waals surface area contributed by atoms with Crippen molar-refractivity contribution < 1.29 is 4.74 Å². The molecule has 0 bridgehead atoms. The second-order valence-electron chi connectivity index (χ2n) is 6.79. The van der Waals surface area contributed by atoms with Crippen molar-refractivity contribution in [2.45, 2.75) is 63.9 Å². The Bertz CT molecular complexity index is 696. The second-order valence-corrected chi connectivity index (χ2v) is 7.80. The summed E-state index contributed by atoms with van der Waals surface area (Å²) in [4.78, 5) is 7.36. The van der Waals surface area contributed by atoms with Gasteiger partial charge in [-0.2, -0.15) is 0 Å². The Kier molecular flexibility index (Phi) is 3.40. The van der Waals surface area contributed by atoms with Crippen LogP contribution in [0.2, 0.25) is 0 Å². The van der Waals surface area contributed by atoms with Gasteiger partial charge in [-0.05, 0) is 38.3 Å². The average molecular weight is 317 g/mol. The van der Waals surface area contributed by atoms with Crippen molar-refractivity contribution in [3.05, 3.63) is 23.8 Å². The van der Waals surface area contributed by atoms with Crippen LogP contribution in [0.1, 0.15) is 45.1 Å². The van der Waals surface area contributed by atoms with E-state index in [0.717, 1.165) is 16.2 Å². The third-order valence-corrected chi connectivity index (χ3v) is 5.96. The molecular formula is C17H23N3OS. The SMILES string of the molecule is CC1(C)O[C@@H]2CCCC[C@H]2N1c1nc2c(CN)cccc2s1. The predicted octanol–water partition coefficient (Wildman–Crippen LogP) is 3.64. The van der Waals surface area contributed by atoms with Crippen LogP contribution in [0, 0.1) is 0 Å². The van der Waals surface area contributed by atoms with Crippen LogP contribution in [0.15, 0.2) is 18.2 Å². The Morgan fingerprint density at radius 3 is 3.00 bits per heavy atom. The van der Waals surface area contributed by atoms with Gasteiger partial charge >= 0.3 is 0 Å². The number of ether oxygens (including phenoxy) is 1. The molecule has 1 aliphatic carbocycles. The molecule has 1 saturated heterocycles. The smallest absolute Gasteiger partial charge is 0.189 e. The molecule has 4 nitrogen and oxygen atoms in total. The zero-order valence-electron chi connectivity index (χ0n) is 13.2. The first-order valence-electron chi connectivity index (χ1n) is 8.16. The van der Waals surface area contributed by atoms with E-state index in [1.54, 1.807) is 11.3 Å². The maximum atomic E-state index is 6.34. The van der Waals surface area contributed by atoms with Gasteiger partial charge in [-0.15, -0.1) is 0 Å². The van der Waals surface area contributed by atoms with E-state index in [-0.39, 0.29) is 5.72 Å². The molecule has 4 rings (SSSR count). The van der Waals surface area contributed by atoms with Gasteiger partial charge in [-0.25, -0.2) is 4.98 Å². The molecular weight excluding hydrogens is 294 g/mol. The standard InChI is InChI=1S/C17H23N3OS/c1-17(2)20(12-7-3-4-8-13(12)21-17)16-19-15-11(10-18)6-5-9-14(15)22-16/h5-6,9,12-13H,3-4,7-8,10,18H2,1-2H3/t12-,13-/m1/s1. The summed E-state index contributed by atoms with van der Waals surface area (Å²) >= 11 is 1.76. The van der Waals surface area contributed by atoms with Crippen LogP contribution < -0.4 is 10.6 Å². The Morgan fingerprint density at radius 2 is 2.18 bits per heavy atom. The molecule has 0 radical (unpaired) electrons. The first kappa shape index (κ1) is 14.4. The number of anilines is 1. The van der Waals surface area contributed by atoms with E-state index < -0.39 is 0 Å². The number of para-hydroxylation sites is 1. The van der Waals surface area contributed by atoms with E-state index in [2.05, 4.69) is 36.9 Å². The molecule has 2 fully saturated rings. The summed E-state index contributed by atoms with van der Waals surface area (Å²) in [5.74, 6) is 0. The van der Waals surface area contributed by atoms with Crippen molar-refractivity contribution in [2.75, 3.05) is 4.90 Å². The van der Waals surface area contributed by atoms with Crippen molar-refractivity contribution in [2.24, 2.45) is 5.73 Å². The molecule has 2 N–H and O–H groups in total. The van der Waals surface area contributed by atoms with Crippen molar-refractivity contribution >= 4 is 26.7 Å². The molecule has 1 saturated carbocycles. The lowest BCUT2D eigenvalue weighted by Gasteiger charge is -2.34. The number of aromatic nitrogens is 1. The van der Waals surface area contributed by atoms with Crippen LogP contribution >= 0.6 is 11.3 Å². The lowest BCUT2D eigenvalue weighted by Crippen LogP contribution is -2.45. The highest BCUT2D eigenvalue weighted by atomic mass is 32.1. The maximum absolute atomic E-state index is 6.34. The maximum Gasteiger partial charge on any atom is 0.189 e. The molecule has 1 aromatic carbocycles. The van der Waals surface area contributed by atoms with Crippen molar-refractivity contribution in [1.82, 2.24) is 4.98 Å². The number of nitrogens with zero attached hydrogens (tertiary/aromatic N) is 2. The average Bonchev–Trinajstić information content (AvgIpc) is 3.02. The minimum absolute atomic E-state index is 0.281. The van der Waals surface area contributed by atoms with Gasteiger partial charge in [0.15, 0.2) is 5.13 Å². The zero-order valence-corrected chi connectivity index (χ0v) is 14.0. The van der Waals surface area contributed by atoms with Gasteiger partial charge in [-0.3, -0.25) is 0 Å². The number of fused-ring (bicyclic) bond motifs is 2. The van der Waals surface area contributed by atoms with E-state index >= 15 is 0 Å². The Hall–Kier alpha value is -1.17. The number of hydrogen-bond acceptors (Lipinski definition) is 5. The number of rotatable bonds is 2. The van der Waals surface area contributed by atoms with Crippen molar-refractivity contribution in [1.29, 1.82) is 0 Å². The number of thiazole rings is 1. The summed E-state index contributed by atoms with van der Waals surface area (Å²) in [6, 6.07) is 6.74. The van der Waals surface area contributed by atoms with E-state index in [1.165, 1.54) is 30.4 Å². The van der Waals surface area contributed by atoms with Gasteiger partial charge < -0.3 is 15.4 Å². The van der Waals surface area contributed by atoms with Crippen LogP contribution in [0.5, 0.6) is 0 Å². The van der Waals surface area contributed by atoms with Crippen LogP contribution in [0.4, 0.5) is 5.13 Å².